The average Bonchev–Trinajstić information content (AvgIpc) is 3.22. The topological polar surface area (TPSA) is 82.2 Å². The zero-order valence-electron chi connectivity index (χ0n) is 16.8. The first kappa shape index (κ1) is 18.7. The summed E-state index contributed by atoms with van der Waals surface area (Å²) in [6, 6.07) is 13.6. The van der Waals surface area contributed by atoms with Crippen LogP contribution in [-0.4, -0.2) is 20.6 Å². The van der Waals surface area contributed by atoms with Crippen LogP contribution in [0, 0.1) is 20.8 Å². The summed E-state index contributed by atoms with van der Waals surface area (Å²) in [5, 5.41) is 6.77. The number of benzene rings is 2. The van der Waals surface area contributed by atoms with Crippen LogP contribution in [0.2, 0.25) is 0 Å². The summed E-state index contributed by atoms with van der Waals surface area (Å²) in [4.78, 5) is 17.4. The van der Waals surface area contributed by atoms with Crippen LogP contribution in [0.15, 0.2) is 47.0 Å². The molecule has 0 saturated carbocycles. The molecule has 7 heteroatoms. The van der Waals surface area contributed by atoms with E-state index in [9.17, 15) is 4.79 Å². The lowest BCUT2D eigenvalue weighted by atomic mass is 10.1. The molecule has 0 saturated heterocycles. The molecule has 1 N–H and O–H groups in total. The molecular weight excluding hydrogens is 368 g/mol. The maximum absolute atomic E-state index is 12.9. The van der Waals surface area contributed by atoms with Gasteiger partial charge in [0.15, 0.2) is 5.69 Å². The maximum Gasteiger partial charge on any atom is 0.280 e. The van der Waals surface area contributed by atoms with E-state index in [0.717, 1.165) is 27.9 Å². The Morgan fingerprint density at radius 3 is 2.55 bits per heavy atom. The van der Waals surface area contributed by atoms with E-state index in [0.29, 0.717) is 17.3 Å². The molecule has 2 heterocycles. The number of anilines is 1. The van der Waals surface area contributed by atoms with Gasteiger partial charge in [0.25, 0.3) is 5.91 Å². The number of aryl methyl sites for hydroxylation is 4. The molecule has 148 valence electrons. The number of para-hydroxylation sites is 3. The summed E-state index contributed by atoms with van der Waals surface area (Å²) in [6.45, 7) is 5.93. The summed E-state index contributed by atoms with van der Waals surface area (Å²) in [6.07, 6.45) is 0. The average molecular weight is 390 g/mol. The van der Waals surface area contributed by atoms with Crippen molar-refractivity contribution in [2.24, 2.45) is 7.05 Å². The minimum atomic E-state index is -0.389. The molecule has 0 bridgehead atoms. The molecule has 4 rings (SSSR count). The summed E-state index contributed by atoms with van der Waals surface area (Å²) in [5.74, 6) is 1.40. The van der Waals surface area contributed by atoms with Crippen molar-refractivity contribution in [3.05, 3.63) is 70.6 Å². The van der Waals surface area contributed by atoms with Gasteiger partial charge in [-0.25, -0.2) is 4.98 Å². The van der Waals surface area contributed by atoms with Crippen molar-refractivity contribution in [3.8, 4) is 5.75 Å². The van der Waals surface area contributed by atoms with Gasteiger partial charge in [-0.1, -0.05) is 35.5 Å². The highest BCUT2D eigenvalue weighted by Crippen LogP contribution is 2.25. The first-order chi connectivity index (χ1) is 14.0. The standard InChI is InChI=1S/C22H22N4O3/c1-13-8-7-9-14(2)20(13)28-12-16-15(3)29-25-19(16)21(27)24-22-23-17-10-5-6-11-18(17)26(22)4/h5-11H,12H2,1-4H3,(H,23,24,27). The van der Waals surface area contributed by atoms with E-state index < -0.39 is 0 Å². The molecule has 0 aliphatic rings. The van der Waals surface area contributed by atoms with Crippen LogP contribution in [0.5, 0.6) is 5.75 Å². The molecule has 0 atom stereocenters. The maximum atomic E-state index is 12.9. The SMILES string of the molecule is Cc1cccc(C)c1OCc1c(C(=O)Nc2nc3ccccc3n2C)noc1C. The number of carbonyl (C=O) groups is 1. The van der Waals surface area contributed by atoms with Gasteiger partial charge in [0.2, 0.25) is 5.95 Å². The smallest absolute Gasteiger partial charge is 0.280 e. The van der Waals surface area contributed by atoms with Gasteiger partial charge in [-0.2, -0.15) is 0 Å². The molecule has 1 amide bonds. The van der Waals surface area contributed by atoms with E-state index in [1.807, 2.05) is 67.9 Å². The van der Waals surface area contributed by atoms with Crippen molar-refractivity contribution < 1.29 is 14.1 Å². The predicted octanol–water partition coefficient (Wildman–Crippen LogP) is 4.32. The Kier molecular flexibility index (Phi) is 4.80. The van der Waals surface area contributed by atoms with E-state index in [2.05, 4.69) is 15.5 Å². The van der Waals surface area contributed by atoms with Crippen LogP contribution >= 0.6 is 0 Å². The lowest BCUT2D eigenvalue weighted by Crippen LogP contribution is -2.18. The fraction of sp³-hybridized carbons (Fsp3) is 0.227. The van der Waals surface area contributed by atoms with Crippen molar-refractivity contribution >= 4 is 22.9 Å². The Hall–Kier alpha value is -3.61. The van der Waals surface area contributed by atoms with Gasteiger partial charge in [-0.05, 0) is 44.0 Å². The highest BCUT2D eigenvalue weighted by Gasteiger charge is 2.22. The monoisotopic (exact) mass is 390 g/mol. The number of carbonyl (C=O) groups excluding carboxylic acids is 1. The zero-order chi connectivity index (χ0) is 20.5. The quantitative estimate of drug-likeness (QED) is 0.549. The highest BCUT2D eigenvalue weighted by molar-refractivity contribution is 6.03. The van der Waals surface area contributed by atoms with Crippen LogP contribution in [0.4, 0.5) is 5.95 Å². The zero-order valence-corrected chi connectivity index (χ0v) is 16.8. The highest BCUT2D eigenvalue weighted by atomic mass is 16.5. The van der Waals surface area contributed by atoms with E-state index in [4.69, 9.17) is 9.26 Å². The first-order valence-corrected chi connectivity index (χ1v) is 9.32. The molecule has 7 nitrogen and oxygen atoms in total. The predicted molar refractivity (Wildman–Crippen MR) is 110 cm³/mol. The van der Waals surface area contributed by atoms with Gasteiger partial charge in [0.1, 0.15) is 18.1 Å². The van der Waals surface area contributed by atoms with Crippen LogP contribution in [0.1, 0.15) is 32.9 Å². The summed E-state index contributed by atoms with van der Waals surface area (Å²) in [7, 11) is 1.85. The fourth-order valence-electron chi connectivity index (χ4n) is 3.33. The molecule has 0 unspecified atom stereocenters. The summed E-state index contributed by atoms with van der Waals surface area (Å²) in [5.41, 5.74) is 4.61. The van der Waals surface area contributed by atoms with Gasteiger partial charge in [-0.15, -0.1) is 0 Å². The Bertz CT molecular complexity index is 1190. The van der Waals surface area contributed by atoms with Crippen LogP contribution in [-0.2, 0) is 13.7 Å². The number of hydrogen-bond donors (Lipinski definition) is 1. The van der Waals surface area contributed by atoms with E-state index in [-0.39, 0.29) is 18.2 Å². The third-order valence-electron chi connectivity index (χ3n) is 4.98. The van der Waals surface area contributed by atoms with Gasteiger partial charge in [-0.3, -0.25) is 10.1 Å². The number of nitrogens with one attached hydrogen (secondary N) is 1. The second-order valence-electron chi connectivity index (χ2n) is 7.01. The molecule has 0 fully saturated rings. The molecule has 0 spiro atoms. The molecule has 2 aromatic carbocycles. The molecular formula is C22H22N4O3. The Morgan fingerprint density at radius 1 is 1.10 bits per heavy atom. The third kappa shape index (κ3) is 3.47. The number of hydrogen-bond acceptors (Lipinski definition) is 5. The van der Waals surface area contributed by atoms with Crippen molar-refractivity contribution in [3.63, 3.8) is 0 Å². The molecule has 0 aliphatic carbocycles. The summed E-state index contributed by atoms with van der Waals surface area (Å²) >= 11 is 0. The van der Waals surface area contributed by atoms with Crippen molar-refractivity contribution in [2.75, 3.05) is 5.32 Å². The molecule has 2 aromatic heterocycles. The molecule has 0 aliphatic heterocycles. The van der Waals surface area contributed by atoms with Crippen molar-refractivity contribution in [1.82, 2.24) is 14.7 Å². The van der Waals surface area contributed by atoms with E-state index in [1.54, 1.807) is 6.92 Å². The Morgan fingerprint density at radius 2 is 1.83 bits per heavy atom. The Balaban J connectivity index is 1.57. The largest absolute Gasteiger partial charge is 0.488 e. The normalized spacial score (nSPS) is 11.0. The van der Waals surface area contributed by atoms with E-state index in [1.165, 1.54) is 0 Å². The van der Waals surface area contributed by atoms with Gasteiger partial charge in [0, 0.05) is 7.05 Å². The molecule has 4 aromatic rings. The first-order valence-electron chi connectivity index (χ1n) is 9.32. The number of fused-ring (bicyclic) bond motifs is 1. The lowest BCUT2D eigenvalue weighted by molar-refractivity contribution is 0.101. The third-order valence-corrected chi connectivity index (χ3v) is 4.98. The number of amides is 1. The van der Waals surface area contributed by atoms with Gasteiger partial charge >= 0.3 is 0 Å². The second kappa shape index (κ2) is 7.43. The van der Waals surface area contributed by atoms with Crippen molar-refractivity contribution in [1.29, 1.82) is 0 Å². The molecule has 29 heavy (non-hydrogen) atoms. The lowest BCUT2D eigenvalue weighted by Gasteiger charge is -2.12. The number of rotatable bonds is 5. The van der Waals surface area contributed by atoms with Crippen LogP contribution in [0.25, 0.3) is 11.0 Å². The van der Waals surface area contributed by atoms with Crippen molar-refractivity contribution in [2.45, 2.75) is 27.4 Å². The van der Waals surface area contributed by atoms with Crippen LogP contribution in [0.3, 0.4) is 0 Å². The summed E-state index contributed by atoms with van der Waals surface area (Å²) < 4.78 is 13.1. The number of aromatic nitrogens is 3. The Labute approximate surface area is 168 Å². The number of imidazole rings is 1. The fourth-order valence-corrected chi connectivity index (χ4v) is 3.33. The second-order valence-corrected chi connectivity index (χ2v) is 7.01. The van der Waals surface area contributed by atoms with Crippen LogP contribution < -0.4 is 10.1 Å². The minimum absolute atomic E-state index is 0.187. The van der Waals surface area contributed by atoms with Gasteiger partial charge < -0.3 is 13.8 Å². The number of nitrogens with zero attached hydrogens (tertiary/aromatic N) is 3. The van der Waals surface area contributed by atoms with Gasteiger partial charge in [0.05, 0.1) is 16.6 Å². The van der Waals surface area contributed by atoms with E-state index >= 15 is 0 Å². The molecule has 0 radical (unpaired) electrons. The minimum Gasteiger partial charge on any atom is -0.488 e. The number of ether oxygens (including phenoxy) is 1.